The molecule has 0 bridgehead atoms. The van der Waals surface area contributed by atoms with E-state index in [4.69, 9.17) is 10.7 Å². The number of aromatic nitrogens is 1. The van der Waals surface area contributed by atoms with Gasteiger partial charge in [0, 0.05) is 30.5 Å². The third kappa shape index (κ3) is 2.87. The Morgan fingerprint density at radius 2 is 2.22 bits per heavy atom. The monoisotopic (exact) mass is 290 g/mol. The Kier molecular flexibility index (Phi) is 3.42. The molecule has 1 N–H and O–H groups in total. The fourth-order valence-electron chi connectivity index (χ4n) is 1.89. The van der Waals surface area contributed by atoms with Crippen LogP contribution < -0.4 is 5.32 Å². The summed E-state index contributed by atoms with van der Waals surface area (Å²) in [6.07, 6.45) is 2.46. The lowest BCUT2D eigenvalue weighted by atomic mass is 10.3. The first-order valence-corrected chi connectivity index (χ1v) is 7.99. The van der Waals surface area contributed by atoms with E-state index in [9.17, 15) is 13.2 Å². The van der Waals surface area contributed by atoms with Gasteiger partial charge in [0.05, 0.1) is 0 Å². The number of carbonyl (C=O) groups is 1. The molecule has 18 heavy (non-hydrogen) atoms. The molecule has 0 spiro atoms. The van der Waals surface area contributed by atoms with Gasteiger partial charge in [-0.05, 0) is 24.3 Å². The van der Waals surface area contributed by atoms with Crippen molar-refractivity contribution in [1.29, 1.82) is 0 Å². The number of nitrogens with zero attached hydrogens (tertiary/aromatic N) is 1. The number of amides is 1. The SMILES string of the molecule is CC1CC1CNC(=O)c1cc(S(=O)(=O)Cl)cn1C. The van der Waals surface area contributed by atoms with E-state index >= 15 is 0 Å². The van der Waals surface area contributed by atoms with Crippen LogP contribution in [0.4, 0.5) is 0 Å². The van der Waals surface area contributed by atoms with Crippen molar-refractivity contribution < 1.29 is 13.2 Å². The number of rotatable bonds is 4. The quantitative estimate of drug-likeness (QED) is 0.851. The standard InChI is InChI=1S/C11H15ClN2O3S/c1-7-3-8(7)5-13-11(15)10-4-9(6-14(10)2)18(12,16)17/h4,6-8H,3,5H2,1-2H3,(H,13,15). The molecule has 0 radical (unpaired) electrons. The summed E-state index contributed by atoms with van der Waals surface area (Å²) in [4.78, 5) is 11.8. The van der Waals surface area contributed by atoms with E-state index < -0.39 is 9.05 Å². The zero-order valence-electron chi connectivity index (χ0n) is 10.2. The molecule has 1 aromatic rings. The van der Waals surface area contributed by atoms with Gasteiger partial charge in [-0.3, -0.25) is 4.79 Å². The number of hydrogen-bond acceptors (Lipinski definition) is 3. The highest BCUT2D eigenvalue weighted by Gasteiger charge is 2.32. The molecule has 2 unspecified atom stereocenters. The molecule has 1 amide bonds. The van der Waals surface area contributed by atoms with Gasteiger partial charge in [-0.15, -0.1) is 0 Å². The van der Waals surface area contributed by atoms with E-state index in [0.717, 1.165) is 6.42 Å². The second-order valence-electron chi connectivity index (χ2n) is 4.79. The molecule has 1 heterocycles. The van der Waals surface area contributed by atoms with E-state index in [1.807, 2.05) is 0 Å². The Balaban J connectivity index is 2.08. The molecule has 5 nitrogen and oxygen atoms in total. The van der Waals surface area contributed by atoms with Crippen molar-refractivity contribution in [1.82, 2.24) is 9.88 Å². The summed E-state index contributed by atoms with van der Waals surface area (Å²) in [5, 5.41) is 2.80. The number of carbonyl (C=O) groups excluding carboxylic acids is 1. The summed E-state index contributed by atoms with van der Waals surface area (Å²) in [5.41, 5.74) is 0.294. The van der Waals surface area contributed by atoms with Gasteiger partial charge in [-0.25, -0.2) is 8.42 Å². The summed E-state index contributed by atoms with van der Waals surface area (Å²) < 4.78 is 23.8. The summed E-state index contributed by atoms with van der Waals surface area (Å²) in [6, 6.07) is 1.29. The summed E-state index contributed by atoms with van der Waals surface area (Å²) >= 11 is 0. The summed E-state index contributed by atoms with van der Waals surface area (Å²) in [6.45, 7) is 2.77. The Hall–Kier alpha value is -1.01. The maximum absolute atomic E-state index is 11.9. The second-order valence-corrected chi connectivity index (χ2v) is 7.36. The van der Waals surface area contributed by atoms with Crippen LogP contribution in [0.5, 0.6) is 0 Å². The Morgan fingerprint density at radius 3 is 2.67 bits per heavy atom. The van der Waals surface area contributed by atoms with Crippen LogP contribution in [0.25, 0.3) is 0 Å². The van der Waals surface area contributed by atoms with Crippen molar-refractivity contribution in [2.75, 3.05) is 6.54 Å². The van der Waals surface area contributed by atoms with Gasteiger partial charge in [0.15, 0.2) is 0 Å². The van der Waals surface area contributed by atoms with E-state index in [1.165, 1.54) is 16.8 Å². The average Bonchev–Trinajstić information content (AvgIpc) is 2.79. The topological polar surface area (TPSA) is 68.2 Å². The van der Waals surface area contributed by atoms with Crippen molar-refractivity contribution >= 4 is 25.6 Å². The van der Waals surface area contributed by atoms with Gasteiger partial charge in [-0.1, -0.05) is 6.92 Å². The van der Waals surface area contributed by atoms with Crippen LogP contribution in [0.15, 0.2) is 17.2 Å². The fourth-order valence-corrected chi connectivity index (χ4v) is 2.68. The number of aryl methyl sites for hydroxylation is 1. The van der Waals surface area contributed by atoms with Crippen LogP contribution in [0.1, 0.15) is 23.8 Å². The first-order chi connectivity index (χ1) is 8.29. The minimum atomic E-state index is -3.79. The van der Waals surface area contributed by atoms with Crippen molar-refractivity contribution in [2.45, 2.75) is 18.2 Å². The van der Waals surface area contributed by atoms with Crippen molar-refractivity contribution in [2.24, 2.45) is 18.9 Å². The molecule has 1 aliphatic rings. The molecule has 0 aliphatic heterocycles. The van der Waals surface area contributed by atoms with E-state index in [-0.39, 0.29) is 10.8 Å². The van der Waals surface area contributed by atoms with Gasteiger partial charge in [0.2, 0.25) is 0 Å². The van der Waals surface area contributed by atoms with Crippen LogP contribution in [-0.2, 0) is 16.1 Å². The van der Waals surface area contributed by atoms with Crippen molar-refractivity contribution in [3.63, 3.8) is 0 Å². The number of nitrogens with one attached hydrogen (secondary N) is 1. The Morgan fingerprint density at radius 1 is 1.61 bits per heavy atom. The minimum Gasteiger partial charge on any atom is -0.350 e. The smallest absolute Gasteiger partial charge is 0.267 e. The first-order valence-electron chi connectivity index (χ1n) is 5.68. The zero-order chi connectivity index (χ0) is 13.5. The molecule has 1 fully saturated rings. The molecule has 2 rings (SSSR count). The molecule has 7 heteroatoms. The molecule has 100 valence electrons. The highest BCUT2D eigenvalue weighted by atomic mass is 35.7. The Bertz CT molecular complexity index is 579. The third-order valence-corrected chi connectivity index (χ3v) is 4.62. The predicted octanol–water partition coefficient (Wildman–Crippen LogP) is 1.34. The van der Waals surface area contributed by atoms with Crippen LogP contribution in [0.3, 0.4) is 0 Å². The molecule has 1 aliphatic carbocycles. The van der Waals surface area contributed by atoms with E-state index in [0.29, 0.717) is 24.1 Å². The lowest BCUT2D eigenvalue weighted by Crippen LogP contribution is -2.27. The third-order valence-electron chi connectivity index (χ3n) is 3.29. The molecule has 0 aromatic carbocycles. The molecule has 2 atom stereocenters. The van der Waals surface area contributed by atoms with Crippen LogP contribution in [-0.4, -0.2) is 25.4 Å². The van der Waals surface area contributed by atoms with Crippen LogP contribution in [0, 0.1) is 11.8 Å². The highest BCUT2D eigenvalue weighted by molar-refractivity contribution is 8.13. The average molecular weight is 291 g/mol. The van der Waals surface area contributed by atoms with Crippen molar-refractivity contribution in [3.05, 3.63) is 18.0 Å². The van der Waals surface area contributed by atoms with E-state index in [2.05, 4.69) is 12.2 Å². The summed E-state index contributed by atoms with van der Waals surface area (Å²) in [7, 11) is 3.05. The second kappa shape index (κ2) is 4.59. The number of halogens is 1. The fraction of sp³-hybridized carbons (Fsp3) is 0.545. The lowest BCUT2D eigenvalue weighted by Gasteiger charge is -2.04. The molecule has 1 saturated carbocycles. The number of hydrogen-bond donors (Lipinski definition) is 1. The predicted molar refractivity (Wildman–Crippen MR) is 68.1 cm³/mol. The van der Waals surface area contributed by atoms with Crippen LogP contribution in [0.2, 0.25) is 0 Å². The molecular weight excluding hydrogens is 276 g/mol. The Labute approximate surface area is 111 Å². The van der Waals surface area contributed by atoms with Gasteiger partial charge in [-0.2, -0.15) is 0 Å². The maximum atomic E-state index is 11.9. The zero-order valence-corrected chi connectivity index (χ0v) is 11.8. The van der Waals surface area contributed by atoms with Gasteiger partial charge in [0.25, 0.3) is 15.0 Å². The molecular formula is C11H15ClN2O3S. The van der Waals surface area contributed by atoms with E-state index in [1.54, 1.807) is 7.05 Å². The van der Waals surface area contributed by atoms with Crippen LogP contribution >= 0.6 is 10.7 Å². The van der Waals surface area contributed by atoms with Crippen molar-refractivity contribution in [3.8, 4) is 0 Å². The van der Waals surface area contributed by atoms with Gasteiger partial charge >= 0.3 is 0 Å². The normalized spacial score (nSPS) is 22.8. The highest BCUT2D eigenvalue weighted by Crippen LogP contribution is 2.36. The first kappa shape index (κ1) is 13.4. The molecule has 1 aromatic heterocycles. The largest absolute Gasteiger partial charge is 0.350 e. The lowest BCUT2D eigenvalue weighted by molar-refractivity contribution is 0.0943. The minimum absolute atomic E-state index is 0.0587. The summed E-state index contributed by atoms with van der Waals surface area (Å²) in [5.74, 6) is 0.936. The van der Waals surface area contributed by atoms with Gasteiger partial charge in [0.1, 0.15) is 10.6 Å². The maximum Gasteiger partial charge on any atom is 0.267 e. The van der Waals surface area contributed by atoms with Gasteiger partial charge < -0.3 is 9.88 Å². The molecule has 0 saturated heterocycles.